The van der Waals surface area contributed by atoms with Gasteiger partial charge in [0.05, 0.1) is 18.9 Å². The van der Waals surface area contributed by atoms with Crippen LogP contribution in [0, 0.1) is 5.92 Å². The first-order chi connectivity index (χ1) is 14.5. The highest BCUT2D eigenvalue weighted by Crippen LogP contribution is 2.31. The van der Waals surface area contributed by atoms with E-state index in [2.05, 4.69) is 21.0 Å². The number of hydrogen-bond donors (Lipinski definition) is 0. The van der Waals surface area contributed by atoms with Gasteiger partial charge in [-0.25, -0.2) is 4.52 Å². The van der Waals surface area contributed by atoms with Crippen LogP contribution in [0.15, 0.2) is 47.2 Å². The van der Waals surface area contributed by atoms with Crippen molar-refractivity contribution in [3.8, 4) is 11.5 Å². The Hall–Kier alpha value is -2.87. The average Bonchev–Trinajstić information content (AvgIpc) is 3.32. The normalized spacial score (nSPS) is 17.4. The molecule has 1 fully saturated rings. The van der Waals surface area contributed by atoms with Crippen LogP contribution in [0.5, 0.6) is 11.5 Å². The van der Waals surface area contributed by atoms with E-state index in [1.807, 2.05) is 42.2 Å². The predicted octanol–water partition coefficient (Wildman–Crippen LogP) is 3.73. The number of rotatable bonds is 7. The minimum absolute atomic E-state index is 0.0531. The molecule has 7 nitrogen and oxygen atoms in total. The van der Waals surface area contributed by atoms with E-state index in [4.69, 9.17) is 9.47 Å². The van der Waals surface area contributed by atoms with Crippen molar-refractivity contribution in [3.63, 3.8) is 0 Å². The molecule has 0 N–H and O–H groups in total. The predicted molar refractivity (Wildman–Crippen MR) is 115 cm³/mol. The molecule has 1 aliphatic heterocycles. The van der Waals surface area contributed by atoms with E-state index in [1.54, 1.807) is 17.8 Å². The standard InChI is InChI=1S/C22H22BrN3O4/c1-14(30-20-8-18(23)12-26-22(20)17(13-27)9-24-26)16-7-21(28)25(11-16)10-15-3-5-19(29-2)6-4-15/h3-6,8-9,12-14,16H,7,10-11H2,1-2H3. The molecule has 0 saturated carbocycles. The van der Waals surface area contributed by atoms with Gasteiger partial charge >= 0.3 is 0 Å². The number of likely N-dealkylation sites (tertiary alicyclic amines) is 1. The summed E-state index contributed by atoms with van der Waals surface area (Å²) in [4.78, 5) is 25.8. The minimum Gasteiger partial charge on any atom is -0.497 e. The molecule has 3 aromatic rings. The van der Waals surface area contributed by atoms with Gasteiger partial charge < -0.3 is 14.4 Å². The fraction of sp³-hybridized carbons (Fsp3) is 0.318. The van der Waals surface area contributed by atoms with Gasteiger partial charge in [-0.2, -0.15) is 5.10 Å². The summed E-state index contributed by atoms with van der Waals surface area (Å²) >= 11 is 3.45. The lowest BCUT2D eigenvalue weighted by atomic mass is 10.0. The zero-order chi connectivity index (χ0) is 21.3. The summed E-state index contributed by atoms with van der Waals surface area (Å²) in [5.74, 6) is 1.53. The summed E-state index contributed by atoms with van der Waals surface area (Å²) in [5, 5.41) is 4.20. The molecule has 156 valence electrons. The summed E-state index contributed by atoms with van der Waals surface area (Å²) in [7, 11) is 1.63. The third kappa shape index (κ3) is 4.05. The number of carbonyl (C=O) groups is 2. The first-order valence-corrected chi connectivity index (χ1v) is 10.5. The highest BCUT2D eigenvalue weighted by Gasteiger charge is 2.34. The molecule has 2 atom stereocenters. The summed E-state index contributed by atoms with van der Waals surface area (Å²) in [6, 6.07) is 9.56. The second-order valence-corrected chi connectivity index (χ2v) is 8.36. The molecule has 1 aliphatic rings. The van der Waals surface area contributed by atoms with Crippen LogP contribution in [-0.2, 0) is 11.3 Å². The fourth-order valence-corrected chi connectivity index (χ4v) is 4.17. The van der Waals surface area contributed by atoms with Gasteiger partial charge in [-0.3, -0.25) is 9.59 Å². The van der Waals surface area contributed by atoms with Crippen molar-refractivity contribution in [2.45, 2.75) is 26.0 Å². The second kappa shape index (κ2) is 8.47. The van der Waals surface area contributed by atoms with Gasteiger partial charge in [-0.15, -0.1) is 0 Å². The quantitative estimate of drug-likeness (QED) is 0.490. The lowest BCUT2D eigenvalue weighted by molar-refractivity contribution is -0.128. The van der Waals surface area contributed by atoms with Gasteiger partial charge in [0.25, 0.3) is 0 Å². The largest absolute Gasteiger partial charge is 0.497 e. The number of nitrogens with zero attached hydrogens (tertiary/aromatic N) is 3. The topological polar surface area (TPSA) is 73.1 Å². The van der Waals surface area contributed by atoms with Crippen LogP contribution < -0.4 is 9.47 Å². The van der Waals surface area contributed by atoms with Gasteiger partial charge in [0, 0.05) is 36.1 Å². The SMILES string of the molecule is COc1ccc(CN2CC(C(C)Oc3cc(Br)cn4ncc(C=O)c34)CC2=O)cc1. The Labute approximate surface area is 182 Å². The highest BCUT2D eigenvalue weighted by atomic mass is 79.9. The number of carbonyl (C=O) groups excluding carboxylic acids is 2. The Balaban J connectivity index is 1.47. The number of aldehydes is 1. The molecule has 2 unspecified atom stereocenters. The number of aromatic nitrogens is 2. The molecular formula is C22H22BrN3O4. The van der Waals surface area contributed by atoms with E-state index in [9.17, 15) is 9.59 Å². The number of pyridine rings is 1. The summed E-state index contributed by atoms with van der Waals surface area (Å²) in [5.41, 5.74) is 2.15. The Morgan fingerprint density at radius 3 is 2.80 bits per heavy atom. The summed E-state index contributed by atoms with van der Waals surface area (Å²) in [6.07, 6.45) is 4.28. The van der Waals surface area contributed by atoms with E-state index in [-0.39, 0.29) is 17.9 Å². The summed E-state index contributed by atoms with van der Waals surface area (Å²) in [6.45, 7) is 3.14. The molecule has 0 radical (unpaired) electrons. The number of benzene rings is 1. The maximum atomic E-state index is 12.6. The molecule has 30 heavy (non-hydrogen) atoms. The van der Waals surface area contributed by atoms with Crippen molar-refractivity contribution in [3.05, 3.63) is 58.3 Å². The number of fused-ring (bicyclic) bond motifs is 1. The van der Waals surface area contributed by atoms with Gasteiger partial charge in [-0.05, 0) is 46.6 Å². The number of halogens is 1. The number of methoxy groups -OCH3 is 1. The third-order valence-electron chi connectivity index (χ3n) is 5.45. The van der Waals surface area contributed by atoms with Crippen LogP contribution >= 0.6 is 15.9 Å². The molecule has 0 bridgehead atoms. The van der Waals surface area contributed by atoms with E-state index in [0.717, 1.165) is 22.1 Å². The fourth-order valence-electron chi connectivity index (χ4n) is 3.77. The van der Waals surface area contributed by atoms with Crippen LogP contribution in [0.1, 0.15) is 29.3 Å². The van der Waals surface area contributed by atoms with Crippen molar-refractivity contribution < 1.29 is 19.1 Å². The molecular weight excluding hydrogens is 450 g/mol. The van der Waals surface area contributed by atoms with Crippen molar-refractivity contribution >= 4 is 33.6 Å². The van der Waals surface area contributed by atoms with Crippen molar-refractivity contribution in [1.82, 2.24) is 14.5 Å². The van der Waals surface area contributed by atoms with E-state index >= 15 is 0 Å². The third-order valence-corrected chi connectivity index (χ3v) is 5.89. The second-order valence-electron chi connectivity index (χ2n) is 7.44. The van der Waals surface area contributed by atoms with Gasteiger partial charge in [0.1, 0.15) is 23.1 Å². The minimum atomic E-state index is -0.206. The van der Waals surface area contributed by atoms with Crippen molar-refractivity contribution in [2.75, 3.05) is 13.7 Å². The monoisotopic (exact) mass is 471 g/mol. The number of ether oxygens (including phenoxy) is 2. The molecule has 0 spiro atoms. The Morgan fingerprint density at radius 1 is 1.33 bits per heavy atom. The highest BCUT2D eigenvalue weighted by molar-refractivity contribution is 9.10. The zero-order valence-corrected chi connectivity index (χ0v) is 18.3. The zero-order valence-electron chi connectivity index (χ0n) is 16.7. The average molecular weight is 472 g/mol. The van der Waals surface area contributed by atoms with Crippen molar-refractivity contribution in [2.24, 2.45) is 5.92 Å². The van der Waals surface area contributed by atoms with Crippen LogP contribution in [0.3, 0.4) is 0 Å². The molecule has 1 amide bonds. The maximum Gasteiger partial charge on any atom is 0.223 e. The van der Waals surface area contributed by atoms with Crippen LogP contribution in [0.4, 0.5) is 0 Å². The first kappa shape index (κ1) is 20.4. The van der Waals surface area contributed by atoms with Gasteiger partial charge in [0.2, 0.25) is 5.91 Å². The van der Waals surface area contributed by atoms with Crippen LogP contribution in [-0.4, -0.2) is 46.5 Å². The van der Waals surface area contributed by atoms with Gasteiger partial charge in [-0.1, -0.05) is 12.1 Å². The Bertz CT molecular complexity index is 1080. The summed E-state index contributed by atoms with van der Waals surface area (Å²) < 4.78 is 13.8. The molecule has 1 aromatic carbocycles. The molecule has 2 aromatic heterocycles. The van der Waals surface area contributed by atoms with Crippen LogP contribution in [0.25, 0.3) is 5.52 Å². The maximum absolute atomic E-state index is 12.6. The number of hydrogen-bond acceptors (Lipinski definition) is 5. The van der Waals surface area contributed by atoms with Crippen molar-refractivity contribution in [1.29, 1.82) is 0 Å². The lowest BCUT2D eigenvalue weighted by Crippen LogP contribution is -2.28. The van der Waals surface area contributed by atoms with E-state index < -0.39 is 0 Å². The number of amides is 1. The first-order valence-electron chi connectivity index (χ1n) is 9.68. The smallest absolute Gasteiger partial charge is 0.223 e. The van der Waals surface area contributed by atoms with Gasteiger partial charge in [0.15, 0.2) is 6.29 Å². The lowest BCUT2D eigenvalue weighted by Gasteiger charge is -2.22. The Kier molecular flexibility index (Phi) is 5.76. The molecule has 3 heterocycles. The van der Waals surface area contributed by atoms with Crippen LogP contribution in [0.2, 0.25) is 0 Å². The van der Waals surface area contributed by atoms with E-state index in [0.29, 0.717) is 36.3 Å². The Morgan fingerprint density at radius 2 is 2.10 bits per heavy atom. The molecule has 1 saturated heterocycles. The van der Waals surface area contributed by atoms with E-state index in [1.165, 1.54) is 6.20 Å². The molecule has 4 rings (SSSR count). The molecule has 0 aliphatic carbocycles. The molecule has 8 heteroatoms.